The number of allylic oxidation sites excluding steroid dienone is 2. The SMILES string of the molecule is COCC1(O)CCC2C1=CC1(C)CCC(C(C)C)=C1C(OC1OC(CO)C(O)C(O)C1O)C(O)C2C. The van der Waals surface area contributed by atoms with Gasteiger partial charge in [0.2, 0.25) is 0 Å². The highest BCUT2D eigenvalue weighted by molar-refractivity contribution is 5.42. The summed E-state index contributed by atoms with van der Waals surface area (Å²) in [6, 6.07) is 0. The van der Waals surface area contributed by atoms with Gasteiger partial charge in [0.25, 0.3) is 0 Å². The number of fused-ring (bicyclic) bond motifs is 2. The van der Waals surface area contributed by atoms with Crippen molar-refractivity contribution in [3.63, 3.8) is 0 Å². The average molecular weight is 513 g/mol. The lowest BCUT2D eigenvalue weighted by molar-refractivity contribution is -0.315. The molecule has 0 amide bonds. The van der Waals surface area contributed by atoms with Crippen LogP contribution in [-0.4, -0.2) is 99.5 Å². The zero-order chi connectivity index (χ0) is 26.6. The first kappa shape index (κ1) is 28.1. The maximum Gasteiger partial charge on any atom is 0.187 e. The van der Waals surface area contributed by atoms with Crippen LogP contribution in [0.2, 0.25) is 0 Å². The minimum atomic E-state index is -1.57. The van der Waals surface area contributed by atoms with Gasteiger partial charge in [-0.3, -0.25) is 0 Å². The summed E-state index contributed by atoms with van der Waals surface area (Å²) in [4.78, 5) is 0. The Balaban J connectivity index is 1.80. The first-order valence-electron chi connectivity index (χ1n) is 13.2. The molecule has 9 nitrogen and oxygen atoms in total. The molecule has 0 bridgehead atoms. The molecule has 4 aliphatic rings. The summed E-state index contributed by atoms with van der Waals surface area (Å²) in [6.07, 6.45) is -3.92. The molecule has 0 aromatic heterocycles. The maximum absolute atomic E-state index is 11.8. The summed E-state index contributed by atoms with van der Waals surface area (Å²) in [6.45, 7) is 7.87. The van der Waals surface area contributed by atoms with Gasteiger partial charge >= 0.3 is 0 Å². The molecule has 1 heterocycles. The fraction of sp³-hybridized carbons (Fsp3) is 0.852. The highest BCUT2D eigenvalue weighted by atomic mass is 16.7. The lowest BCUT2D eigenvalue weighted by Gasteiger charge is -2.46. The summed E-state index contributed by atoms with van der Waals surface area (Å²) in [5.74, 6) is -0.189. The second-order valence-corrected chi connectivity index (χ2v) is 11.8. The minimum absolute atomic E-state index is 0.0810. The first-order valence-corrected chi connectivity index (χ1v) is 13.2. The Morgan fingerprint density at radius 1 is 1.08 bits per heavy atom. The van der Waals surface area contributed by atoms with Gasteiger partial charge in [-0.15, -0.1) is 0 Å². The van der Waals surface area contributed by atoms with E-state index in [4.69, 9.17) is 14.2 Å². The molecule has 1 aliphatic heterocycles. The molecule has 1 saturated heterocycles. The van der Waals surface area contributed by atoms with E-state index in [1.807, 2.05) is 6.92 Å². The quantitative estimate of drug-likeness (QED) is 0.282. The van der Waals surface area contributed by atoms with Crippen LogP contribution in [0.25, 0.3) is 0 Å². The molecule has 3 aliphatic carbocycles. The zero-order valence-corrected chi connectivity index (χ0v) is 22.0. The Kier molecular flexibility index (Phi) is 8.09. The molecule has 1 saturated carbocycles. The first-order chi connectivity index (χ1) is 16.9. The van der Waals surface area contributed by atoms with Crippen LogP contribution in [-0.2, 0) is 14.2 Å². The van der Waals surface area contributed by atoms with E-state index >= 15 is 0 Å². The van der Waals surface area contributed by atoms with Gasteiger partial charge in [-0.1, -0.05) is 39.3 Å². The molecule has 9 heteroatoms. The van der Waals surface area contributed by atoms with Crippen molar-refractivity contribution in [2.45, 2.75) is 102 Å². The van der Waals surface area contributed by atoms with E-state index in [0.29, 0.717) is 12.8 Å². The van der Waals surface area contributed by atoms with Crippen LogP contribution < -0.4 is 0 Å². The maximum atomic E-state index is 11.8. The standard InChI is InChI=1S/C27H44O9/c1-13(2)15-6-8-26(4)10-17-16(7-9-27(17,33)12-34-5)14(3)20(29)24(19(15)26)36-25-23(32)22(31)21(30)18(11-28)35-25/h10,13-14,16,18,20-25,28-33H,6-9,11-12H2,1-5H3. The van der Waals surface area contributed by atoms with E-state index in [1.165, 1.54) is 0 Å². The molecule has 0 radical (unpaired) electrons. The Morgan fingerprint density at radius 2 is 1.78 bits per heavy atom. The van der Waals surface area contributed by atoms with Gasteiger partial charge in [-0.2, -0.15) is 0 Å². The van der Waals surface area contributed by atoms with Gasteiger partial charge < -0.3 is 44.8 Å². The molecule has 0 aromatic carbocycles. The monoisotopic (exact) mass is 512 g/mol. The Bertz CT molecular complexity index is 869. The van der Waals surface area contributed by atoms with Crippen LogP contribution >= 0.6 is 0 Å². The molecule has 0 aromatic rings. The number of aliphatic hydroxyl groups is 6. The predicted octanol–water partition coefficient (Wildman–Crippen LogP) is 0.649. The molecule has 11 unspecified atom stereocenters. The van der Waals surface area contributed by atoms with Gasteiger partial charge in [0.15, 0.2) is 6.29 Å². The Hall–Kier alpha value is -0.880. The van der Waals surface area contributed by atoms with E-state index in [9.17, 15) is 30.6 Å². The molecule has 6 N–H and O–H groups in total. The zero-order valence-electron chi connectivity index (χ0n) is 22.0. The van der Waals surface area contributed by atoms with E-state index in [2.05, 4.69) is 26.8 Å². The third kappa shape index (κ3) is 4.61. The number of methoxy groups -OCH3 is 1. The molecule has 2 fully saturated rings. The number of rotatable bonds is 6. The van der Waals surface area contributed by atoms with Crippen LogP contribution in [0.15, 0.2) is 22.8 Å². The van der Waals surface area contributed by atoms with Crippen LogP contribution in [0.5, 0.6) is 0 Å². The second kappa shape index (κ2) is 10.4. The topological polar surface area (TPSA) is 149 Å². The van der Waals surface area contributed by atoms with E-state index in [1.54, 1.807) is 7.11 Å². The summed E-state index contributed by atoms with van der Waals surface area (Å²) in [5, 5.41) is 64.2. The van der Waals surface area contributed by atoms with Crippen molar-refractivity contribution in [3.05, 3.63) is 22.8 Å². The largest absolute Gasteiger partial charge is 0.394 e. The summed E-state index contributed by atoms with van der Waals surface area (Å²) in [7, 11) is 1.58. The molecule has 36 heavy (non-hydrogen) atoms. The third-order valence-corrected chi connectivity index (χ3v) is 9.13. The van der Waals surface area contributed by atoms with Gasteiger partial charge in [0.1, 0.15) is 36.1 Å². The van der Waals surface area contributed by atoms with E-state index < -0.39 is 60.5 Å². The summed E-state index contributed by atoms with van der Waals surface area (Å²) >= 11 is 0. The van der Waals surface area contributed by atoms with Crippen molar-refractivity contribution >= 4 is 0 Å². The highest BCUT2D eigenvalue weighted by Gasteiger charge is 2.54. The van der Waals surface area contributed by atoms with Gasteiger partial charge in [0.05, 0.1) is 19.3 Å². The van der Waals surface area contributed by atoms with E-state index in [-0.39, 0.29) is 24.4 Å². The average Bonchev–Trinajstić information content (AvgIpc) is 3.33. The highest BCUT2D eigenvalue weighted by Crippen LogP contribution is 2.56. The third-order valence-electron chi connectivity index (χ3n) is 9.13. The summed E-state index contributed by atoms with van der Waals surface area (Å²) in [5.41, 5.74) is 1.37. The normalized spacial score (nSPS) is 47.4. The van der Waals surface area contributed by atoms with Crippen molar-refractivity contribution in [1.82, 2.24) is 0 Å². The summed E-state index contributed by atoms with van der Waals surface area (Å²) < 4.78 is 17.4. The van der Waals surface area contributed by atoms with Crippen molar-refractivity contribution in [2.24, 2.45) is 23.2 Å². The van der Waals surface area contributed by atoms with E-state index in [0.717, 1.165) is 29.6 Å². The van der Waals surface area contributed by atoms with Crippen LogP contribution in [0.3, 0.4) is 0 Å². The number of hydrogen-bond acceptors (Lipinski definition) is 9. The van der Waals surface area contributed by atoms with Crippen LogP contribution in [0.4, 0.5) is 0 Å². The second-order valence-electron chi connectivity index (χ2n) is 11.8. The van der Waals surface area contributed by atoms with Crippen LogP contribution in [0, 0.1) is 23.2 Å². The Morgan fingerprint density at radius 3 is 2.39 bits per heavy atom. The van der Waals surface area contributed by atoms with Gasteiger partial charge in [-0.25, -0.2) is 0 Å². The molecular weight excluding hydrogens is 468 g/mol. The number of hydrogen-bond donors (Lipinski definition) is 6. The van der Waals surface area contributed by atoms with Gasteiger partial charge in [0, 0.05) is 12.5 Å². The van der Waals surface area contributed by atoms with Gasteiger partial charge in [-0.05, 0) is 54.6 Å². The molecule has 0 spiro atoms. The van der Waals surface area contributed by atoms with Crippen molar-refractivity contribution in [3.8, 4) is 0 Å². The molecular formula is C27H44O9. The Labute approximate surface area is 213 Å². The molecule has 11 atom stereocenters. The predicted molar refractivity (Wildman–Crippen MR) is 131 cm³/mol. The van der Waals surface area contributed by atoms with Crippen molar-refractivity contribution < 1.29 is 44.8 Å². The fourth-order valence-electron chi connectivity index (χ4n) is 7.01. The lowest BCUT2D eigenvalue weighted by atomic mass is 9.68. The minimum Gasteiger partial charge on any atom is -0.394 e. The fourth-order valence-corrected chi connectivity index (χ4v) is 7.01. The smallest absolute Gasteiger partial charge is 0.187 e. The lowest BCUT2D eigenvalue weighted by Crippen LogP contribution is -2.60. The number of ether oxygens (including phenoxy) is 3. The van der Waals surface area contributed by atoms with Crippen molar-refractivity contribution in [1.29, 1.82) is 0 Å². The molecule has 4 rings (SSSR count). The molecule has 206 valence electrons. The van der Waals surface area contributed by atoms with Crippen molar-refractivity contribution in [2.75, 3.05) is 20.3 Å². The number of aliphatic hydroxyl groups excluding tert-OH is 5. The van der Waals surface area contributed by atoms with Crippen LogP contribution in [0.1, 0.15) is 53.4 Å².